The molecule has 0 fully saturated rings. The molecule has 0 bridgehead atoms. The fourth-order valence-corrected chi connectivity index (χ4v) is 1.31. The van der Waals surface area contributed by atoms with E-state index in [0.717, 1.165) is 12.1 Å². The number of carbonyl (C=O) groups excluding carboxylic acids is 2. The summed E-state index contributed by atoms with van der Waals surface area (Å²) in [6.45, 7) is 9.18. The van der Waals surface area contributed by atoms with Gasteiger partial charge in [0, 0.05) is 5.70 Å². The minimum atomic E-state index is -0.594. The lowest BCUT2D eigenvalue weighted by Gasteiger charge is -2.19. The second-order valence-electron chi connectivity index (χ2n) is 4.66. The highest BCUT2D eigenvalue weighted by atomic mass is 16.2. The van der Waals surface area contributed by atoms with E-state index in [0.29, 0.717) is 0 Å². The van der Waals surface area contributed by atoms with E-state index in [1.54, 1.807) is 6.92 Å². The summed E-state index contributed by atoms with van der Waals surface area (Å²) < 4.78 is 0. The van der Waals surface area contributed by atoms with Crippen LogP contribution >= 0.6 is 0 Å². The quantitative estimate of drug-likeness (QED) is 0.659. The Bertz CT molecular complexity index is 324. The molecule has 0 saturated carbocycles. The Morgan fingerprint density at radius 2 is 1.78 bits per heavy atom. The van der Waals surface area contributed by atoms with Crippen molar-refractivity contribution in [3.8, 4) is 0 Å². The predicted molar refractivity (Wildman–Crippen MR) is 72.6 cm³/mol. The molecular weight excluding hydrogens is 230 g/mol. The third-order valence-electron chi connectivity index (χ3n) is 2.79. The maximum atomic E-state index is 11.8. The van der Waals surface area contributed by atoms with Gasteiger partial charge in [0.15, 0.2) is 0 Å². The third-order valence-corrected chi connectivity index (χ3v) is 2.79. The number of nitrogens with two attached hydrogens (primary N) is 1. The molecule has 2 atom stereocenters. The maximum Gasteiger partial charge on any atom is 0.246 e. The number of amides is 2. The van der Waals surface area contributed by atoms with Crippen LogP contribution in [0.1, 0.15) is 41.0 Å². The summed E-state index contributed by atoms with van der Waals surface area (Å²) in [6.07, 6.45) is 2.58. The van der Waals surface area contributed by atoms with Crippen molar-refractivity contribution < 1.29 is 9.59 Å². The molecule has 0 rings (SSSR count). The lowest BCUT2D eigenvalue weighted by Crippen LogP contribution is -2.51. The molecule has 0 aromatic rings. The largest absolute Gasteiger partial charge is 0.343 e. The van der Waals surface area contributed by atoms with Gasteiger partial charge in [-0.3, -0.25) is 9.59 Å². The number of allylic oxidation sites excluding steroid dienone is 2. The Morgan fingerprint density at radius 1 is 1.22 bits per heavy atom. The fourth-order valence-electron chi connectivity index (χ4n) is 1.31. The van der Waals surface area contributed by atoms with Crippen molar-refractivity contribution in [3.63, 3.8) is 0 Å². The van der Waals surface area contributed by atoms with Crippen molar-refractivity contribution in [2.75, 3.05) is 0 Å². The molecule has 0 aliphatic heterocycles. The fraction of sp³-hybridized carbons (Fsp3) is 0.692. The van der Waals surface area contributed by atoms with Gasteiger partial charge in [0.25, 0.3) is 0 Å². The minimum absolute atomic E-state index is 0.0435. The Kier molecular flexibility index (Phi) is 7.27. The van der Waals surface area contributed by atoms with Gasteiger partial charge in [-0.05, 0) is 26.2 Å². The van der Waals surface area contributed by atoms with Gasteiger partial charge in [0.1, 0.15) is 6.04 Å². The van der Waals surface area contributed by atoms with E-state index in [9.17, 15) is 9.59 Å². The highest BCUT2D eigenvalue weighted by Crippen LogP contribution is 2.00. The SMILES string of the molecule is C/C=C(\CC)NC(=O)[C@H](C)NC(=O)[C@@H](N)C(C)C. The minimum Gasteiger partial charge on any atom is -0.343 e. The first-order valence-corrected chi connectivity index (χ1v) is 6.35. The zero-order valence-electron chi connectivity index (χ0n) is 11.9. The summed E-state index contributed by atoms with van der Waals surface area (Å²) in [7, 11) is 0. The van der Waals surface area contributed by atoms with Gasteiger partial charge in [-0.1, -0.05) is 26.8 Å². The predicted octanol–water partition coefficient (Wildman–Crippen LogP) is 0.904. The summed E-state index contributed by atoms with van der Waals surface area (Å²) in [5.74, 6) is -0.484. The van der Waals surface area contributed by atoms with Crippen LogP contribution in [0.5, 0.6) is 0 Å². The number of hydrogen-bond acceptors (Lipinski definition) is 3. The average molecular weight is 255 g/mol. The van der Waals surface area contributed by atoms with Crippen LogP contribution in [0.3, 0.4) is 0 Å². The number of hydrogen-bond donors (Lipinski definition) is 3. The molecule has 0 saturated heterocycles. The Hall–Kier alpha value is -1.36. The van der Waals surface area contributed by atoms with Crippen LogP contribution in [0, 0.1) is 5.92 Å². The summed E-state index contributed by atoms with van der Waals surface area (Å²) in [5, 5.41) is 5.37. The van der Waals surface area contributed by atoms with Gasteiger partial charge < -0.3 is 16.4 Å². The first-order chi connectivity index (χ1) is 8.33. The number of nitrogens with one attached hydrogen (secondary N) is 2. The molecule has 0 spiro atoms. The summed E-state index contributed by atoms with van der Waals surface area (Å²) in [4.78, 5) is 23.5. The highest BCUT2D eigenvalue weighted by molar-refractivity contribution is 5.90. The van der Waals surface area contributed by atoms with Gasteiger partial charge in [-0.2, -0.15) is 0 Å². The van der Waals surface area contributed by atoms with Crippen LogP contribution in [-0.4, -0.2) is 23.9 Å². The van der Waals surface area contributed by atoms with Crippen LogP contribution in [0.25, 0.3) is 0 Å². The van der Waals surface area contributed by atoms with Crippen molar-refractivity contribution in [1.82, 2.24) is 10.6 Å². The molecule has 104 valence electrons. The highest BCUT2D eigenvalue weighted by Gasteiger charge is 2.22. The Morgan fingerprint density at radius 3 is 2.17 bits per heavy atom. The molecule has 0 aliphatic carbocycles. The second kappa shape index (κ2) is 7.87. The van der Waals surface area contributed by atoms with E-state index < -0.39 is 12.1 Å². The van der Waals surface area contributed by atoms with E-state index in [1.807, 2.05) is 33.8 Å². The van der Waals surface area contributed by atoms with Crippen LogP contribution in [-0.2, 0) is 9.59 Å². The van der Waals surface area contributed by atoms with Gasteiger partial charge in [-0.15, -0.1) is 0 Å². The Balaban J connectivity index is 4.37. The molecular formula is C13H25N3O2. The zero-order chi connectivity index (χ0) is 14.3. The first-order valence-electron chi connectivity index (χ1n) is 6.35. The normalized spacial score (nSPS) is 15.2. The van der Waals surface area contributed by atoms with E-state index >= 15 is 0 Å². The van der Waals surface area contributed by atoms with E-state index in [4.69, 9.17) is 5.73 Å². The molecule has 0 heterocycles. The molecule has 0 unspecified atom stereocenters. The molecule has 2 amide bonds. The first kappa shape index (κ1) is 16.6. The smallest absolute Gasteiger partial charge is 0.246 e. The van der Waals surface area contributed by atoms with Crippen LogP contribution in [0.4, 0.5) is 0 Å². The zero-order valence-corrected chi connectivity index (χ0v) is 11.9. The van der Waals surface area contributed by atoms with E-state index in [-0.39, 0.29) is 17.7 Å². The second-order valence-corrected chi connectivity index (χ2v) is 4.66. The molecule has 0 aromatic carbocycles. The molecule has 0 aromatic heterocycles. The van der Waals surface area contributed by atoms with Crippen molar-refractivity contribution in [1.29, 1.82) is 0 Å². The molecule has 5 heteroatoms. The summed E-state index contributed by atoms with van der Waals surface area (Å²) in [6, 6.07) is -1.18. The summed E-state index contributed by atoms with van der Waals surface area (Å²) >= 11 is 0. The molecule has 0 radical (unpaired) electrons. The molecule has 4 N–H and O–H groups in total. The van der Waals surface area contributed by atoms with Crippen molar-refractivity contribution in [2.45, 2.75) is 53.1 Å². The molecule has 0 aliphatic rings. The van der Waals surface area contributed by atoms with Crippen LogP contribution < -0.4 is 16.4 Å². The summed E-state index contributed by atoms with van der Waals surface area (Å²) in [5.41, 5.74) is 6.55. The molecule has 18 heavy (non-hydrogen) atoms. The standard InChI is InChI=1S/C13H25N3O2/c1-6-10(7-2)16-12(17)9(5)15-13(18)11(14)8(3)4/h6,8-9,11H,7,14H2,1-5H3,(H,15,18)(H,16,17)/b10-6+/t9-,11-/m0/s1. The van der Waals surface area contributed by atoms with E-state index in [2.05, 4.69) is 10.6 Å². The van der Waals surface area contributed by atoms with E-state index in [1.165, 1.54) is 0 Å². The average Bonchev–Trinajstić information content (AvgIpc) is 2.33. The topological polar surface area (TPSA) is 84.2 Å². The van der Waals surface area contributed by atoms with Gasteiger partial charge in [0.2, 0.25) is 11.8 Å². The number of carbonyl (C=O) groups is 2. The van der Waals surface area contributed by atoms with Gasteiger partial charge in [0.05, 0.1) is 6.04 Å². The van der Waals surface area contributed by atoms with Gasteiger partial charge >= 0.3 is 0 Å². The lowest BCUT2D eigenvalue weighted by atomic mass is 10.0. The Labute approximate surface area is 109 Å². The van der Waals surface area contributed by atoms with Crippen LogP contribution in [0.15, 0.2) is 11.8 Å². The van der Waals surface area contributed by atoms with Crippen LogP contribution in [0.2, 0.25) is 0 Å². The maximum absolute atomic E-state index is 11.8. The van der Waals surface area contributed by atoms with Crippen molar-refractivity contribution in [2.24, 2.45) is 11.7 Å². The third kappa shape index (κ3) is 5.31. The van der Waals surface area contributed by atoms with Gasteiger partial charge in [-0.25, -0.2) is 0 Å². The van der Waals surface area contributed by atoms with Crippen molar-refractivity contribution >= 4 is 11.8 Å². The monoisotopic (exact) mass is 255 g/mol. The molecule has 5 nitrogen and oxygen atoms in total. The number of rotatable bonds is 6. The lowest BCUT2D eigenvalue weighted by molar-refractivity contribution is -0.129. The van der Waals surface area contributed by atoms with Crippen molar-refractivity contribution in [3.05, 3.63) is 11.8 Å².